The summed E-state index contributed by atoms with van der Waals surface area (Å²) in [6, 6.07) is 103. The molecule has 2 aliphatic rings. The summed E-state index contributed by atoms with van der Waals surface area (Å²) in [5.41, 5.74) is 25.5. The van der Waals surface area contributed by atoms with Gasteiger partial charge in [0.1, 0.15) is 0 Å². The first kappa shape index (κ1) is 52.1. The summed E-state index contributed by atoms with van der Waals surface area (Å²) >= 11 is 0. The van der Waals surface area contributed by atoms with Crippen LogP contribution < -0.4 is 0 Å². The Kier molecular flexibility index (Phi) is 12.8. The van der Waals surface area contributed by atoms with Gasteiger partial charge >= 0.3 is 0 Å². The number of aromatic nitrogens is 4. The van der Waals surface area contributed by atoms with Crippen LogP contribution >= 0.6 is 0 Å². The third-order valence-corrected chi connectivity index (χ3v) is 17.8. The fraction of sp³-hybridized carbons (Fsp3) is 0.0732. The van der Waals surface area contributed by atoms with E-state index >= 15 is 0 Å². The number of rotatable bonds is 8. The molecule has 0 aliphatic heterocycles. The molecule has 0 atom stereocenters. The van der Waals surface area contributed by atoms with E-state index in [4.69, 9.17) is 19.9 Å². The highest BCUT2D eigenvalue weighted by Gasteiger charge is 2.38. The van der Waals surface area contributed by atoms with Crippen molar-refractivity contribution in [3.05, 3.63) is 313 Å². The maximum atomic E-state index is 5.21. The molecular formula is C82H60N4. The minimum absolute atomic E-state index is 0.0598. The van der Waals surface area contributed by atoms with Crippen molar-refractivity contribution in [2.24, 2.45) is 0 Å². The van der Waals surface area contributed by atoms with Gasteiger partial charge in [-0.2, -0.15) is 0 Å². The molecule has 0 fully saturated rings. The van der Waals surface area contributed by atoms with Gasteiger partial charge in [-0.25, -0.2) is 19.9 Å². The highest BCUT2D eigenvalue weighted by molar-refractivity contribution is 6.04. The maximum absolute atomic E-state index is 5.21. The Morgan fingerprint density at radius 1 is 0.221 bits per heavy atom. The molecule has 4 nitrogen and oxygen atoms in total. The van der Waals surface area contributed by atoms with Gasteiger partial charge in [0.15, 0.2) is 11.6 Å². The van der Waals surface area contributed by atoms with E-state index in [1.807, 2.05) is 24.3 Å². The Bertz CT molecular complexity index is 4880. The summed E-state index contributed by atoms with van der Waals surface area (Å²) in [5.74, 6) is 1.47. The summed E-state index contributed by atoms with van der Waals surface area (Å²) in [5, 5.41) is 4.94. The van der Waals surface area contributed by atoms with Crippen LogP contribution in [0.2, 0.25) is 0 Å². The van der Waals surface area contributed by atoms with Crippen LogP contribution in [-0.4, -0.2) is 19.9 Å². The van der Waals surface area contributed by atoms with E-state index in [-0.39, 0.29) is 10.8 Å². The normalized spacial score (nSPS) is 13.1. The molecule has 0 saturated carbocycles. The van der Waals surface area contributed by atoms with Gasteiger partial charge in [0.05, 0.1) is 22.8 Å². The van der Waals surface area contributed by atoms with Gasteiger partial charge in [-0.1, -0.05) is 301 Å². The standard InChI is InChI=1S/2C41H30N2/c1-41(2)36-19-10-9-16-32(36)34-25-24-31-33(39(34)41)17-11-18-35(31)40-42-37(29-14-7-4-8-15-29)26-38(43-40)30-22-20-28(21-23-30)27-12-5-3-6-13-27;1-41(2)36-16-10-9-15-34(36)35-24-21-31-25-32(22-23-33(31)39(35)41)40-42-37(29-13-7-4-8-14-29)26-38(43-40)30-19-17-28(18-20-30)27-11-5-3-6-12-27/h2*3-26H,1-2H3. The summed E-state index contributed by atoms with van der Waals surface area (Å²) in [6.45, 7) is 9.36. The second-order valence-electron chi connectivity index (χ2n) is 23.7. The number of hydrogen-bond donors (Lipinski definition) is 0. The Morgan fingerprint density at radius 3 is 1.06 bits per heavy atom. The molecule has 2 aliphatic carbocycles. The molecule has 14 aromatic rings. The Balaban J connectivity index is 0.000000145. The molecule has 0 amide bonds. The molecule has 12 aromatic carbocycles. The molecule has 86 heavy (non-hydrogen) atoms. The van der Waals surface area contributed by atoms with E-state index in [2.05, 4.69) is 295 Å². The quantitative estimate of drug-likeness (QED) is 0.152. The lowest BCUT2D eigenvalue weighted by Crippen LogP contribution is -2.15. The second kappa shape index (κ2) is 21.2. The first-order chi connectivity index (χ1) is 42.1. The van der Waals surface area contributed by atoms with Crippen molar-refractivity contribution in [3.63, 3.8) is 0 Å². The maximum Gasteiger partial charge on any atom is 0.161 e. The molecule has 4 heteroatoms. The van der Waals surface area contributed by atoms with Gasteiger partial charge < -0.3 is 0 Å². The molecule has 0 N–H and O–H groups in total. The molecule has 0 unspecified atom stereocenters. The molecule has 0 bridgehead atoms. The molecule has 0 spiro atoms. The second-order valence-corrected chi connectivity index (χ2v) is 23.7. The van der Waals surface area contributed by atoms with Crippen LogP contribution in [0, 0.1) is 0 Å². The highest BCUT2D eigenvalue weighted by atomic mass is 14.9. The van der Waals surface area contributed by atoms with Crippen molar-refractivity contribution in [1.82, 2.24) is 19.9 Å². The molecule has 2 aromatic heterocycles. The van der Waals surface area contributed by atoms with E-state index in [1.165, 1.54) is 88.3 Å². The highest BCUT2D eigenvalue weighted by Crippen LogP contribution is 2.53. The van der Waals surface area contributed by atoms with Crippen LogP contribution in [0.15, 0.2) is 291 Å². The summed E-state index contributed by atoms with van der Waals surface area (Å²) in [7, 11) is 0. The average Bonchev–Trinajstić information content (AvgIpc) is 1.70. The fourth-order valence-electron chi connectivity index (χ4n) is 13.5. The van der Waals surface area contributed by atoms with Crippen LogP contribution in [0.4, 0.5) is 0 Å². The minimum atomic E-state index is -0.0948. The lowest BCUT2D eigenvalue weighted by molar-refractivity contribution is 0.666. The van der Waals surface area contributed by atoms with Gasteiger partial charge in [0.25, 0.3) is 0 Å². The topological polar surface area (TPSA) is 51.6 Å². The predicted molar refractivity (Wildman–Crippen MR) is 358 cm³/mol. The molecule has 0 saturated heterocycles. The van der Waals surface area contributed by atoms with Crippen molar-refractivity contribution >= 4 is 21.5 Å². The average molecular weight is 1100 g/mol. The van der Waals surface area contributed by atoms with Crippen molar-refractivity contribution in [3.8, 4) is 112 Å². The van der Waals surface area contributed by atoms with Crippen LogP contribution in [0.3, 0.4) is 0 Å². The third kappa shape index (κ3) is 9.19. The van der Waals surface area contributed by atoms with Crippen molar-refractivity contribution in [2.45, 2.75) is 38.5 Å². The number of benzene rings is 12. The Morgan fingerprint density at radius 2 is 0.570 bits per heavy atom. The SMILES string of the molecule is CC1(C)c2ccccc2-c2ccc3c(-c4nc(-c5ccccc5)cc(-c5ccc(-c6ccccc6)cc5)n4)cccc3c21.CC1(C)c2ccccc2-c2ccc3cc(-c4nc(-c5ccccc5)cc(-c5ccc(-c6ccccc6)cc5)n4)ccc3c21. The third-order valence-electron chi connectivity index (χ3n) is 17.8. The largest absolute Gasteiger partial charge is 0.228 e. The van der Waals surface area contributed by atoms with Crippen LogP contribution in [0.5, 0.6) is 0 Å². The van der Waals surface area contributed by atoms with Gasteiger partial charge in [-0.05, 0) is 107 Å². The van der Waals surface area contributed by atoms with Crippen molar-refractivity contribution in [1.29, 1.82) is 0 Å². The molecular weight excluding hydrogens is 1040 g/mol. The van der Waals surface area contributed by atoms with Crippen LogP contribution in [-0.2, 0) is 10.8 Å². The monoisotopic (exact) mass is 1100 g/mol. The first-order valence-corrected chi connectivity index (χ1v) is 29.7. The van der Waals surface area contributed by atoms with E-state index in [1.54, 1.807) is 0 Å². The minimum Gasteiger partial charge on any atom is -0.228 e. The number of hydrogen-bond acceptors (Lipinski definition) is 4. The fourth-order valence-corrected chi connectivity index (χ4v) is 13.5. The van der Waals surface area contributed by atoms with Gasteiger partial charge in [0.2, 0.25) is 0 Å². The zero-order valence-corrected chi connectivity index (χ0v) is 48.5. The van der Waals surface area contributed by atoms with Crippen molar-refractivity contribution < 1.29 is 0 Å². The number of nitrogens with zero attached hydrogens (tertiary/aromatic N) is 4. The van der Waals surface area contributed by atoms with Crippen LogP contribution in [0.1, 0.15) is 49.9 Å². The molecule has 2 heterocycles. The lowest BCUT2D eigenvalue weighted by Gasteiger charge is -2.23. The molecule has 408 valence electrons. The first-order valence-electron chi connectivity index (χ1n) is 29.7. The molecule has 0 radical (unpaired) electrons. The zero-order chi connectivity index (χ0) is 57.9. The lowest BCUT2D eigenvalue weighted by atomic mass is 9.80. The Hall–Kier alpha value is -10.7. The molecule has 16 rings (SSSR count). The Labute approximate surface area is 502 Å². The number of fused-ring (bicyclic) bond motifs is 10. The van der Waals surface area contributed by atoms with E-state index < -0.39 is 0 Å². The van der Waals surface area contributed by atoms with Crippen LogP contribution in [0.25, 0.3) is 134 Å². The smallest absolute Gasteiger partial charge is 0.161 e. The predicted octanol–water partition coefficient (Wildman–Crippen LogP) is 21.2. The summed E-state index contributed by atoms with van der Waals surface area (Å²) in [4.78, 5) is 20.6. The van der Waals surface area contributed by atoms with E-state index in [0.717, 1.165) is 67.8 Å². The summed E-state index contributed by atoms with van der Waals surface area (Å²) < 4.78 is 0. The van der Waals surface area contributed by atoms with Gasteiger partial charge in [0, 0.05) is 44.2 Å². The van der Waals surface area contributed by atoms with Crippen molar-refractivity contribution in [2.75, 3.05) is 0 Å². The van der Waals surface area contributed by atoms with E-state index in [0.29, 0.717) is 0 Å². The summed E-state index contributed by atoms with van der Waals surface area (Å²) in [6.07, 6.45) is 0. The van der Waals surface area contributed by atoms with Gasteiger partial charge in [-0.15, -0.1) is 0 Å². The van der Waals surface area contributed by atoms with Gasteiger partial charge in [-0.3, -0.25) is 0 Å². The zero-order valence-electron chi connectivity index (χ0n) is 48.5. The van der Waals surface area contributed by atoms with E-state index in [9.17, 15) is 0 Å².